The summed E-state index contributed by atoms with van der Waals surface area (Å²) >= 11 is 0. The molecule has 2 rings (SSSR count). The van der Waals surface area contributed by atoms with E-state index in [9.17, 15) is 9.59 Å². The molecule has 1 amide bonds. The molecule has 24 heavy (non-hydrogen) atoms. The third-order valence-corrected chi connectivity index (χ3v) is 3.12. The topological polar surface area (TPSA) is 94.3 Å². The van der Waals surface area contributed by atoms with E-state index in [0.717, 1.165) is 9.36 Å². The van der Waals surface area contributed by atoms with Crippen molar-refractivity contribution in [3.8, 4) is 0 Å². The maximum atomic E-state index is 12.7. The lowest BCUT2D eigenvalue weighted by molar-refractivity contribution is 0.118. The van der Waals surface area contributed by atoms with Gasteiger partial charge in [-0.25, -0.2) is 9.59 Å². The van der Waals surface area contributed by atoms with Crippen LogP contribution in [0.3, 0.4) is 0 Å². The van der Waals surface area contributed by atoms with Crippen molar-refractivity contribution in [3.05, 3.63) is 46.5 Å². The monoisotopic (exact) mass is 332 g/mol. The van der Waals surface area contributed by atoms with E-state index in [1.54, 1.807) is 19.1 Å². The number of amides is 1. The number of hydrogen-bond acceptors (Lipinski definition) is 6. The lowest BCUT2D eigenvalue weighted by Gasteiger charge is -2.25. The smallest absolute Gasteiger partial charge is 0.290 e. The molecule has 0 spiro atoms. The van der Waals surface area contributed by atoms with Crippen LogP contribution >= 0.6 is 0 Å². The molecule has 1 N–H and O–H groups in total. The van der Waals surface area contributed by atoms with Gasteiger partial charge in [0.05, 0.1) is 19.0 Å². The molecule has 1 aromatic heterocycles. The Kier molecular flexibility index (Phi) is 5.48. The Hall–Kier alpha value is -2.94. The maximum Gasteiger partial charge on any atom is 0.376 e. The molecular formula is C15H20N6O3. The van der Waals surface area contributed by atoms with Crippen LogP contribution in [-0.4, -0.2) is 39.0 Å². The summed E-state index contributed by atoms with van der Waals surface area (Å²) in [5, 5.41) is 7.36. The van der Waals surface area contributed by atoms with Crippen molar-refractivity contribution in [1.29, 1.82) is 0 Å². The molecule has 0 radical (unpaired) electrons. The standard InChI is InChI=1S/C15H20N6O3/c1-11(2)20(13-8-6-5-7-9-13)15(23)21-14(22)19(17-18-21)10-12(3)16-24-4/h5-11,16H,1-4H3. The Balaban J connectivity index is 2.37. The molecule has 0 unspecified atom stereocenters. The number of aromatic nitrogens is 4. The number of carbonyl (C=O) groups is 1. The van der Waals surface area contributed by atoms with Crippen LogP contribution in [0.1, 0.15) is 20.8 Å². The van der Waals surface area contributed by atoms with Crippen LogP contribution < -0.4 is 16.1 Å². The summed E-state index contributed by atoms with van der Waals surface area (Å²) < 4.78 is 1.69. The number of para-hydroxylation sites is 1. The van der Waals surface area contributed by atoms with E-state index in [0.29, 0.717) is 11.4 Å². The molecule has 0 saturated heterocycles. The Morgan fingerprint density at radius 1 is 1.29 bits per heavy atom. The summed E-state index contributed by atoms with van der Waals surface area (Å²) in [5.74, 6) is 0. The van der Waals surface area contributed by atoms with Crippen molar-refractivity contribution in [2.24, 2.45) is 0 Å². The zero-order chi connectivity index (χ0) is 17.7. The van der Waals surface area contributed by atoms with E-state index in [-0.39, 0.29) is 6.04 Å². The lowest BCUT2D eigenvalue weighted by Crippen LogP contribution is -2.44. The van der Waals surface area contributed by atoms with E-state index in [2.05, 4.69) is 15.9 Å². The fourth-order valence-corrected chi connectivity index (χ4v) is 2.15. The lowest BCUT2D eigenvalue weighted by atomic mass is 10.2. The van der Waals surface area contributed by atoms with Gasteiger partial charge in [0.25, 0.3) is 0 Å². The summed E-state index contributed by atoms with van der Waals surface area (Å²) in [4.78, 5) is 31.3. The third-order valence-electron chi connectivity index (χ3n) is 3.12. The van der Waals surface area contributed by atoms with Gasteiger partial charge in [-0.2, -0.15) is 4.68 Å². The van der Waals surface area contributed by atoms with Crippen LogP contribution in [0.15, 0.2) is 40.8 Å². The average molecular weight is 332 g/mol. The predicted molar refractivity (Wildman–Crippen MR) is 89.2 cm³/mol. The molecule has 1 aromatic carbocycles. The zero-order valence-electron chi connectivity index (χ0n) is 14.0. The number of carbonyl (C=O) groups excluding carboxylic acids is 1. The van der Waals surface area contributed by atoms with Crippen LogP contribution in [0.2, 0.25) is 0 Å². The Bertz CT molecular complexity index is 778. The van der Waals surface area contributed by atoms with E-state index in [4.69, 9.17) is 4.84 Å². The summed E-state index contributed by atoms with van der Waals surface area (Å²) in [5.41, 5.74) is 3.09. The minimum absolute atomic E-state index is 0.163. The number of rotatable bonds is 5. The number of benzene rings is 1. The van der Waals surface area contributed by atoms with Crippen molar-refractivity contribution < 1.29 is 9.63 Å². The van der Waals surface area contributed by atoms with Gasteiger partial charge in [0.1, 0.15) is 0 Å². The molecule has 0 fully saturated rings. The first kappa shape index (κ1) is 17.4. The van der Waals surface area contributed by atoms with Gasteiger partial charge in [0, 0.05) is 11.7 Å². The van der Waals surface area contributed by atoms with Gasteiger partial charge in [-0.3, -0.25) is 15.2 Å². The number of tetrazole rings is 1. The third kappa shape index (κ3) is 3.69. The van der Waals surface area contributed by atoms with E-state index in [1.807, 2.05) is 32.0 Å². The summed E-state index contributed by atoms with van der Waals surface area (Å²) in [6, 6.07) is 8.34. The van der Waals surface area contributed by atoms with Crippen LogP contribution in [0.25, 0.3) is 6.20 Å². The normalized spacial score (nSPS) is 11.6. The SMILES string of the molecule is CONC(C)=Cn1nnn(C(=O)N(c2ccccc2)C(C)C)c1=O. The van der Waals surface area contributed by atoms with Crippen LogP contribution in [0, 0.1) is 0 Å². The molecule has 0 saturated carbocycles. The van der Waals surface area contributed by atoms with Gasteiger partial charge in [-0.05, 0) is 43.3 Å². The van der Waals surface area contributed by atoms with Crippen molar-refractivity contribution in [2.45, 2.75) is 26.8 Å². The Morgan fingerprint density at radius 2 is 1.96 bits per heavy atom. The van der Waals surface area contributed by atoms with Crippen LogP contribution in [-0.2, 0) is 4.84 Å². The van der Waals surface area contributed by atoms with Gasteiger partial charge in [0.15, 0.2) is 0 Å². The first-order chi connectivity index (χ1) is 11.5. The quantitative estimate of drug-likeness (QED) is 0.655. The second-order valence-corrected chi connectivity index (χ2v) is 5.32. The van der Waals surface area contributed by atoms with Gasteiger partial charge < -0.3 is 0 Å². The zero-order valence-corrected chi connectivity index (χ0v) is 14.0. The molecule has 9 heteroatoms. The van der Waals surface area contributed by atoms with Crippen molar-refractivity contribution in [1.82, 2.24) is 25.3 Å². The first-order valence-electron chi connectivity index (χ1n) is 7.36. The largest absolute Gasteiger partial charge is 0.376 e. The molecular weight excluding hydrogens is 312 g/mol. The molecule has 0 aliphatic heterocycles. The minimum Gasteiger partial charge on any atom is -0.290 e. The predicted octanol–water partition coefficient (Wildman–Crippen LogP) is 1.29. The summed E-state index contributed by atoms with van der Waals surface area (Å²) in [7, 11) is 1.45. The highest BCUT2D eigenvalue weighted by molar-refractivity contribution is 5.93. The Labute approximate surface area is 139 Å². The van der Waals surface area contributed by atoms with Gasteiger partial charge in [0.2, 0.25) is 0 Å². The number of nitrogens with zero attached hydrogens (tertiary/aromatic N) is 5. The summed E-state index contributed by atoms with van der Waals surface area (Å²) in [6.45, 7) is 5.39. The molecule has 2 aromatic rings. The number of hydroxylamine groups is 1. The van der Waals surface area contributed by atoms with Gasteiger partial charge >= 0.3 is 11.7 Å². The second-order valence-electron chi connectivity index (χ2n) is 5.32. The van der Waals surface area contributed by atoms with Crippen LogP contribution in [0.4, 0.5) is 10.5 Å². The molecule has 0 aliphatic rings. The molecule has 1 heterocycles. The molecule has 0 aliphatic carbocycles. The number of anilines is 1. The highest BCUT2D eigenvalue weighted by atomic mass is 16.6. The highest BCUT2D eigenvalue weighted by Gasteiger charge is 2.24. The molecule has 128 valence electrons. The first-order valence-corrected chi connectivity index (χ1v) is 7.36. The molecule has 9 nitrogen and oxygen atoms in total. The highest BCUT2D eigenvalue weighted by Crippen LogP contribution is 2.17. The van der Waals surface area contributed by atoms with Crippen LogP contribution in [0.5, 0.6) is 0 Å². The number of hydrogen-bond donors (Lipinski definition) is 1. The fourth-order valence-electron chi connectivity index (χ4n) is 2.15. The fraction of sp³-hybridized carbons (Fsp3) is 0.333. The summed E-state index contributed by atoms with van der Waals surface area (Å²) in [6.07, 6.45) is 1.38. The van der Waals surface area contributed by atoms with Crippen molar-refractivity contribution in [3.63, 3.8) is 0 Å². The minimum atomic E-state index is -0.668. The molecule has 0 atom stereocenters. The van der Waals surface area contributed by atoms with Crippen molar-refractivity contribution >= 4 is 17.9 Å². The van der Waals surface area contributed by atoms with E-state index < -0.39 is 11.7 Å². The number of nitrogens with one attached hydrogen (secondary N) is 1. The van der Waals surface area contributed by atoms with E-state index >= 15 is 0 Å². The van der Waals surface area contributed by atoms with Gasteiger partial charge in [-0.15, -0.1) is 4.68 Å². The average Bonchev–Trinajstić information content (AvgIpc) is 2.89. The maximum absolute atomic E-state index is 12.7. The van der Waals surface area contributed by atoms with Crippen molar-refractivity contribution in [2.75, 3.05) is 12.0 Å². The number of allylic oxidation sites excluding steroid dienone is 1. The van der Waals surface area contributed by atoms with Gasteiger partial charge in [-0.1, -0.05) is 18.2 Å². The second kappa shape index (κ2) is 7.55. The Morgan fingerprint density at radius 3 is 2.54 bits per heavy atom. The van der Waals surface area contributed by atoms with E-state index in [1.165, 1.54) is 18.2 Å². The molecule has 0 bridgehead atoms.